The van der Waals surface area contributed by atoms with Crippen molar-refractivity contribution < 1.29 is 9.13 Å². The predicted octanol–water partition coefficient (Wildman–Crippen LogP) is 3.91. The van der Waals surface area contributed by atoms with Crippen molar-refractivity contribution in [2.75, 3.05) is 26.7 Å². The Bertz CT molecular complexity index is 1020. The monoisotopic (exact) mass is 422 g/mol. The van der Waals surface area contributed by atoms with E-state index in [0.29, 0.717) is 34.8 Å². The van der Waals surface area contributed by atoms with Crippen LogP contribution in [0.2, 0.25) is 0 Å². The van der Waals surface area contributed by atoms with Crippen LogP contribution in [-0.2, 0) is 12.8 Å². The Hall–Kier alpha value is -2.57. The van der Waals surface area contributed by atoms with Crippen LogP contribution in [0.5, 0.6) is 5.88 Å². The van der Waals surface area contributed by atoms with E-state index in [9.17, 15) is 4.39 Å². The van der Waals surface area contributed by atoms with E-state index in [4.69, 9.17) is 10.5 Å². The third-order valence-corrected chi connectivity index (χ3v) is 6.46. The first-order valence-electron chi connectivity index (χ1n) is 11.0. The van der Waals surface area contributed by atoms with Gasteiger partial charge in [0.1, 0.15) is 5.82 Å². The molecule has 0 spiro atoms. The number of hydrogen-bond acceptors (Lipinski definition) is 5. The minimum atomic E-state index is -0.303. The summed E-state index contributed by atoms with van der Waals surface area (Å²) in [7, 11) is 1.56. The summed E-state index contributed by atoms with van der Waals surface area (Å²) in [5, 5.41) is 0. The third kappa shape index (κ3) is 5.20. The fourth-order valence-corrected chi connectivity index (χ4v) is 4.47. The molecule has 0 amide bonds. The summed E-state index contributed by atoms with van der Waals surface area (Å²) < 4.78 is 19.7. The summed E-state index contributed by atoms with van der Waals surface area (Å²) in [6.07, 6.45) is 4.98. The van der Waals surface area contributed by atoms with E-state index in [2.05, 4.69) is 46.1 Å². The van der Waals surface area contributed by atoms with Crippen LogP contribution in [0, 0.1) is 18.7 Å². The number of fused-ring (bicyclic) bond motifs is 1. The second-order valence-corrected chi connectivity index (χ2v) is 8.59. The van der Waals surface area contributed by atoms with Crippen molar-refractivity contribution in [3.63, 3.8) is 0 Å². The fraction of sp³-hybridized carbons (Fsp3) is 0.440. The van der Waals surface area contributed by atoms with Crippen LogP contribution in [0.4, 0.5) is 4.39 Å². The lowest BCUT2D eigenvalue weighted by Gasteiger charge is -2.35. The lowest BCUT2D eigenvalue weighted by Crippen LogP contribution is -2.42. The van der Waals surface area contributed by atoms with Crippen LogP contribution in [0.1, 0.15) is 29.5 Å². The van der Waals surface area contributed by atoms with Gasteiger partial charge in [-0.2, -0.15) is 0 Å². The second kappa shape index (κ2) is 9.71. The third-order valence-electron chi connectivity index (χ3n) is 6.46. The number of rotatable bonds is 7. The summed E-state index contributed by atoms with van der Waals surface area (Å²) >= 11 is 0. The van der Waals surface area contributed by atoms with E-state index in [1.807, 2.05) is 6.07 Å². The van der Waals surface area contributed by atoms with Gasteiger partial charge in [-0.05, 0) is 63.2 Å². The van der Waals surface area contributed by atoms with Gasteiger partial charge >= 0.3 is 0 Å². The highest BCUT2D eigenvalue weighted by Crippen LogP contribution is 2.24. The first kappa shape index (κ1) is 21.7. The van der Waals surface area contributed by atoms with E-state index < -0.39 is 0 Å². The van der Waals surface area contributed by atoms with E-state index in [1.165, 1.54) is 17.3 Å². The first-order valence-corrected chi connectivity index (χ1v) is 11.0. The topological polar surface area (TPSA) is 64.3 Å². The van der Waals surface area contributed by atoms with Crippen LogP contribution in [0.25, 0.3) is 11.0 Å². The van der Waals surface area contributed by atoms with Gasteiger partial charge in [-0.3, -0.25) is 4.98 Å². The average Bonchev–Trinajstić information content (AvgIpc) is 2.80. The van der Waals surface area contributed by atoms with Gasteiger partial charge in [-0.1, -0.05) is 29.8 Å². The normalized spacial score (nSPS) is 16.5. The second-order valence-electron chi connectivity index (χ2n) is 8.59. The van der Waals surface area contributed by atoms with Gasteiger partial charge < -0.3 is 15.4 Å². The fourth-order valence-electron chi connectivity index (χ4n) is 4.47. The zero-order valence-corrected chi connectivity index (χ0v) is 18.4. The number of benzene rings is 1. The van der Waals surface area contributed by atoms with Crippen molar-refractivity contribution in [3.8, 4) is 5.88 Å². The zero-order chi connectivity index (χ0) is 21.8. The number of nitrogens with zero attached hydrogens (tertiary/aromatic N) is 3. The first-order chi connectivity index (χ1) is 15.0. The predicted molar refractivity (Wildman–Crippen MR) is 122 cm³/mol. The van der Waals surface area contributed by atoms with Crippen molar-refractivity contribution in [1.29, 1.82) is 0 Å². The summed E-state index contributed by atoms with van der Waals surface area (Å²) in [5.41, 5.74) is 11.0. The van der Waals surface area contributed by atoms with Crippen molar-refractivity contribution in [2.45, 2.75) is 38.6 Å². The SMILES string of the molecule is COc1ccc2ncc(F)c(CCN3CCC(C(N)Cc4ccc(C)cc4)CC3)c2n1. The van der Waals surface area contributed by atoms with Crippen molar-refractivity contribution in [3.05, 3.63) is 65.1 Å². The number of aromatic nitrogens is 2. The molecule has 2 aromatic heterocycles. The van der Waals surface area contributed by atoms with E-state index >= 15 is 0 Å². The Morgan fingerprint density at radius 3 is 2.61 bits per heavy atom. The minimum absolute atomic E-state index is 0.183. The molecule has 1 saturated heterocycles. The molecule has 1 atom stereocenters. The molecule has 0 saturated carbocycles. The molecule has 31 heavy (non-hydrogen) atoms. The molecule has 3 aromatic rings. The Balaban J connectivity index is 1.33. The van der Waals surface area contributed by atoms with Crippen LogP contribution < -0.4 is 10.5 Å². The lowest BCUT2D eigenvalue weighted by molar-refractivity contribution is 0.170. The Labute approximate surface area is 183 Å². The molecule has 1 aliphatic rings. The minimum Gasteiger partial charge on any atom is -0.481 e. The largest absolute Gasteiger partial charge is 0.481 e. The summed E-state index contributed by atoms with van der Waals surface area (Å²) in [4.78, 5) is 11.0. The van der Waals surface area contributed by atoms with Crippen LogP contribution >= 0.6 is 0 Å². The maximum absolute atomic E-state index is 14.5. The Morgan fingerprint density at radius 1 is 1.16 bits per heavy atom. The maximum Gasteiger partial charge on any atom is 0.213 e. The highest BCUT2D eigenvalue weighted by Gasteiger charge is 2.24. The molecule has 164 valence electrons. The number of piperidine rings is 1. The van der Waals surface area contributed by atoms with Gasteiger partial charge in [0.25, 0.3) is 0 Å². The number of ether oxygens (including phenoxy) is 1. The molecule has 4 rings (SSSR count). The molecule has 2 N–H and O–H groups in total. The quantitative estimate of drug-likeness (QED) is 0.625. The Kier molecular flexibility index (Phi) is 6.78. The highest BCUT2D eigenvalue weighted by atomic mass is 19.1. The molecule has 0 aliphatic carbocycles. The van der Waals surface area contributed by atoms with Crippen molar-refractivity contribution in [1.82, 2.24) is 14.9 Å². The lowest BCUT2D eigenvalue weighted by atomic mass is 9.86. The van der Waals surface area contributed by atoms with Gasteiger partial charge in [0.05, 0.1) is 24.3 Å². The number of hydrogen-bond donors (Lipinski definition) is 1. The number of halogens is 1. The number of nitrogens with two attached hydrogens (primary N) is 1. The van der Waals surface area contributed by atoms with E-state index in [0.717, 1.165) is 38.9 Å². The maximum atomic E-state index is 14.5. The number of methoxy groups -OCH3 is 1. The summed E-state index contributed by atoms with van der Waals surface area (Å²) in [6.45, 7) is 4.89. The average molecular weight is 423 g/mol. The van der Waals surface area contributed by atoms with Crippen molar-refractivity contribution >= 4 is 11.0 Å². The van der Waals surface area contributed by atoms with Gasteiger partial charge in [0.2, 0.25) is 5.88 Å². The molecule has 5 nitrogen and oxygen atoms in total. The summed E-state index contributed by atoms with van der Waals surface area (Å²) in [5.74, 6) is 0.703. The number of likely N-dealkylation sites (tertiary alicyclic amines) is 1. The summed E-state index contributed by atoms with van der Waals surface area (Å²) in [6, 6.07) is 12.4. The van der Waals surface area contributed by atoms with E-state index in [-0.39, 0.29) is 11.9 Å². The molecule has 1 aliphatic heterocycles. The molecule has 6 heteroatoms. The number of pyridine rings is 2. The molecule has 1 fully saturated rings. The van der Waals surface area contributed by atoms with Crippen molar-refractivity contribution in [2.24, 2.45) is 11.7 Å². The number of aryl methyl sites for hydroxylation is 1. The molecule has 0 bridgehead atoms. The molecule has 3 heterocycles. The molecular weight excluding hydrogens is 391 g/mol. The van der Waals surface area contributed by atoms with Crippen LogP contribution in [0.3, 0.4) is 0 Å². The van der Waals surface area contributed by atoms with Gasteiger partial charge in [-0.25, -0.2) is 9.37 Å². The van der Waals surface area contributed by atoms with Crippen LogP contribution in [0.15, 0.2) is 42.6 Å². The zero-order valence-electron chi connectivity index (χ0n) is 18.4. The van der Waals surface area contributed by atoms with Gasteiger partial charge in [0.15, 0.2) is 0 Å². The highest BCUT2D eigenvalue weighted by molar-refractivity contribution is 5.78. The molecular formula is C25H31FN4O. The van der Waals surface area contributed by atoms with Gasteiger partial charge in [-0.15, -0.1) is 0 Å². The van der Waals surface area contributed by atoms with Gasteiger partial charge in [0, 0.05) is 24.2 Å². The molecule has 0 radical (unpaired) electrons. The Morgan fingerprint density at radius 2 is 1.90 bits per heavy atom. The van der Waals surface area contributed by atoms with E-state index in [1.54, 1.807) is 13.2 Å². The molecule has 1 unspecified atom stereocenters. The molecule has 1 aromatic carbocycles. The standard InChI is InChI=1S/C25H31FN4O/c1-17-3-5-18(6-4-17)15-22(27)19-9-12-30(13-10-19)14-11-20-21(26)16-28-23-7-8-24(31-2)29-25(20)23/h3-8,16,19,22H,9-15,27H2,1-2H3. The smallest absolute Gasteiger partial charge is 0.213 e. The van der Waals surface area contributed by atoms with Crippen LogP contribution in [-0.4, -0.2) is 47.7 Å².